The number of hydrogen-bond acceptors (Lipinski definition) is 9. The first-order valence-electron chi connectivity index (χ1n) is 10.8. The fourth-order valence-corrected chi connectivity index (χ4v) is 4.51. The van der Waals surface area contributed by atoms with Gasteiger partial charge in [-0.25, -0.2) is 9.59 Å². The van der Waals surface area contributed by atoms with Gasteiger partial charge in [0.1, 0.15) is 10.7 Å². The highest BCUT2D eigenvalue weighted by Crippen LogP contribution is 2.41. The van der Waals surface area contributed by atoms with Gasteiger partial charge in [0.15, 0.2) is 0 Å². The van der Waals surface area contributed by atoms with Crippen molar-refractivity contribution in [2.45, 2.75) is 38.8 Å². The molecular formula is C24H25N3O7. The van der Waals surface area contributed by atoms with Crippen molar-refractivity contribution in [2.75, 3.05) is 13.7 Å². The van der Waals surface area contributed by atoms with E-state index in [4.69, 9.17) is 13.9 Å². The molecule has 10 heteroatoms. The van der Waals surface area contributed by atoms with Gasteiger partial charge < -0.3 is 24.5 Å². The molecule has 1 aromatic heterocycles. The number of hydrogen-bond donors (Lipinski definition) is 2. The molecule has 2 aromatic rings. The smallest absolute Gasteiger partial charge is 0.433 e. The number of benzene rings is 1. The summed E-state index contributed by atoms with van der Waals surface area (Å²) in [4.78, 5) is 36.3. The molecule has 0 saturated heterocycles. The Morgan fingerprint density at radius 1 is 1.12 bits per heavy atom. The Morgan fingerprint density at radius 2 is 1.82 bits per heavy atom. The Bertz CT molecular complexity index is 1210. The van der Waals surface area contributed by atoms with Crippen LogP contribution in [0.5, 0.6) is 0 Å². The third-order valence-electron chi connectivity index (χ3n) is 6.07. The number of carbonyl (C=O) groups is 2. The molecule has 2 atom stereocenters. The molecule has 2 aliphatic heterocycles. The average molecular weight is 467 g/mol. The van der Waals surface area contributed by atoms with Crippen LogP contribution in [0.4, 0.5) is 5.88 Å². The Labute approximate surface area is 195 Å². The number of allylic oxidation sites excluding steroid dienone is 2. The Hall–Kier alpha value is -3.92. The van der Waals surface area contributed by atoms with Crippen molar-refractivity contribution in [3.8, 4) is 0 Å². The summed E-state index contributed by atoms with van der Waals surface area (Å²) in [6.07, 6.45) is 0.568. The summed E-state index contributed by atoms with van der Waals surface area (Å²) in [5.74, 6) is -2.76. The van der Waals surface area contributed by atoms with Gasteiger partial charge >= 0.3 is 17.8 Å². The second-order valence-electron chi connectivity index (χ2n) is 8.12. The van der Waals surface area contributed by atoms with Crippen LogP contribution >= 0.6 is 0 Å². The molecule has 0 saturated carbocycles. The van der Waals surface area contributed by atoms with Crippen molar-refractivity contribution >= 4 is 17.8 Å². The van der Waals surface area contributed by atoms with Gasteiger partial charge in [0.25, 0.3) is 0 Å². The fraction of sp³-hybridized carbons (Fsp3) is 0.333. The Kier molecular flexibility index (Phi) is 6.51. The van der Waals surface area contributed by atoms with Crippen LogP contribution in [0.15, 0.2) is 63.4 Å². The van der Waals surface area contributed by atoms with E-state index < -0.39 is 28.7 Å². The summed E-state index contributed by atoms with van der Waals surface area (Å²) in [5.41, 5.74) is 3.57. The van der Waals surface area contributed by atoms with Crippen LogP contribution in [0, 0.1) is 10.1 Å². The van der Waals surface area contributed by atoms with Gasteiger partial charge in [-0.2, -0.15) is 0 Å². The first kappa shape index (κ1) is 23.2. The van der Waals surface area contributed by atoms with Crippen molar-refractivity contribution in [2.24, 2.45) is 0 Å². The van der Waals surface area contributed by atoms with Crippen molar-refractivity contribution < 1.29 is 28.4 Å². The van der Waals surface area contributed by atoms with Crippen LogP contribution in [0.3, 0.4) is 0 Å². The van der Waals surface area contributed by atoms with Crippen LogP contribution in [0.1, 0.15) is 49.1 Å². The van der Waals surface area contributed by atoms with Crippen molar-refractivity contribution in [1.82, 2.24) is 10.6 Å². The number of nitro groups is 1. The number of furan rings is 1. The van der Waals surface area contributed by atoms with Crippen molar-refractivity contribution in [3.63, 3.8) is 0 Å². The van der Waals surface area contributed by atoms with Gasteiger partial charge in [-0.05, 0) is 31.0 Å². The number of ether oxygens (including phenoxy) is 2. The molecule has 1 unspecified atom stereocenters. The molecule has 0 aliphatic carbocycles. The largest absolute Gasteiger partial charge is 0.466 e. The van der Waals surface area contributed by atoms with E-state index in [1.165, 1.54) is 30.4 Å². The lowest BCUT2D eigenvalue weighted by molar-refractivity contribution is -0.402. The first-order valence-corrected chi connectivity index (χ1v) is 10.8. The number of fused-ring (bicyclic) bond motifs is 1. The number of nitrogens with one attached hydrogen (secondary N) is 2. The van der Waals surface area contributed by atoms with E-state index in [2.05, 4.69) is 22.8 Å². The van der Waals surface area contributed by atoms with Gasteiger partial charge in [-0.1, -0.05) is 24.3 Å². The summed E-state index contributed by atoms with van der Waals surface area (Å²) in [5, 5.41) is 17.6. The minimum atomic E-state index is -1.01. The van der Waals surface area contributed by atoms with Crippen LogP contribution in [-0.4, -0.2) is 30.6 Å². The van der Waals surface area contributed by atoms with Crippen molar-refractivity contribution in [1.29, 1.82) is 0 Å². The molecule has 10 nitrogen and oxygen atoms in total. The van der Waals surface area contributed by atoms with E-state index in [1.807, 2.05) is 12.1 Å². The molecule has 34 heavy (non-hydrogen) atoms. The first-order chi connectivity index (χ1) is 16.3. The standard InChI is InChI=1S/C24H25N3O7/c1-13-20(23(28)32-3)22(18-8-9-19(34-18)27(30)31)21(14(2)26-13)24(29)33-11-10-17-16-7-5-4-6-15(16)12-25-17/h4-9,17,22,25-26H,10-12H2,1-3H3/t17?,22-/m1/s1. The molecule has 4 rings (SSSR count). The average Bonchev–Trinajstić information content (AvgIpc) is 3.46. The topological polar surface area (TPSA) is 133 Å². The van der Waals surface area contributed by atoms with E-state index in [9.17, 15) is 19.7 Å². The zero-order chi connectivity index (χ0) is 24.4. The quantitative estimate of drug-likeness (QED) is 0.357. The number of nitrogens with zero attached hydrogens (tertiary/aromatic N) is 1. The lowest BCUT2D eigenvalue weighted by Crippen LogP contribution is -2.32. The fourth-order valence-electron chi connectivity index (χ4n) is 4.51. The van der Waals surface area contributed by atoms with E-state index in [0.717, 1.165) is 6.54 Å². The summed E-state index contributed by atoms with van der Waals surface area (Å²) >= 11 is 0. The maximum Gasteiger partial charge on any atom is 0.433 e. The minimum absolute atomic E-state index is 0.0693. The molecule has 1 aromatic carbocycles. The van der Waals surface area contributed by atoms with Crippen LogP contribution in [0.2, 0.25) is 0 Å². The lowest BCUT2D eigenvalue weighted by atomic mass is 9.83. The Balaban J connectivity index is 1.57. The van der Waals surface area contributed by atoms with Gasteiger partial charge in [-0.15, -0.1) is 0 Å². The molecule has 0 bridgehead atoms. The molecule has 3 heterocycles. The molecule has 178 valence electrons. The normalized spacial score (nSPS) is 19.5. The molecule has 2 aliphatic rings. The Morgan fingerprint density at radius 3 is 2.50 bits per heavy atom. The third kappa shape index (κ3) is 4.32. The zero-order valence-electron chi connectivity index (χ0n) is 19.0. The zero-order valence-corrected chi connectivity index (χ0v) is 19.0. The number of esters is 2. The van der Waals surface area contributed by atoms with E-state index in [1.54, 1.807) is 13.8 Å². The van der Waals surface area contributed by atoms with Crippen LogP contribution < -0.4 is 10.6 Å². The second kappa shape index (κ2) is 9.52. The highest BCUT2D eigenvalue weighted by Gasteiger charge is 2.40. The maximum atomic E-state index is 13.2. The molecule has 2 N–H and O–H groups in total. The molecular weight excluding hydrogens is 442 g/mol. The number of methoxy groups -OCH3 is 1. The van der Waals surface area contributed by atoms with Gasteiger partial charge in [0.2, 0.25) is 0 Å². The van der Waals surface area contributed by atoms with E-state index in [0.29, 0.717) is 17.8 Å². The number of carbonyl (C=O) groups excluding carboxylic acids is 2. The van der Waals surface area contributed by atoms with Gasteiger partial charge in [0, 0.05) is 30.4 Å². The summed E-state index contributed by atoms with van der Waals surface area (Å²) in [7, 11) is 1.22. The monoisotopic (exact) mass is 467 g/mol. The van der Waals surface area contributed by atoms with Gasteiger partial charge in [0.05, 0.1) is 36.8 Å². The minimum Gasteiger partial charge on any atom is -0.466 e. The molecule has 0 fully saturated rings. The second-order valence-corrected chi connectivity index (χ2v) is 8.12. The van der Waals surface area contributed by atoms with Gasteiger partial charge in [-0.3, -0.25) is 10.1 Å². The SMILES string of the molecule is COC(=O)C1=C(C)NC(C)=C(C(=O)OCCC2NCc3ccccc32)[C@@H]1c1ccc([N+](=O)[O-])o1. The maximum absolute atomic E-state index is 13.2. The van der Waals surface area contributed by atoms with Crippen molar-refractivity contribution in [3.05, 3.63) is 85.9 Å². The third-order valence-corrected chi connectivity index (χ3v) is 6.07. The van der Waals surface area contributed by atoms with Crippen LogP contribution in [0.25, 0.3) is 0 Å². The number of rotatable bonds is 7. The van der Waals surface area contributed by atoms with Crippen LogP contribution in [-0.2, 0) is 25.6 Å². The molecule has 0 radical (unpaired) electrons. The predicted octanol–water partition coefficient (Wildman–Crippen LogP) is 3.37. The molecule has 0 spiro atoms. The summed E-state index contributed by atoms with van der Waals surface area (Å²) in [6.45, 7) is 4.23. The summed E-state index contributed by atoms with van der Waals surface area (Å²) in [6, 6.07) is 10.7. The van der Waals surface area contributed by atoms with E-state index >= 15 is 0 Å². The highest BCUT2D eigenvalue weighted by atomic mass is 16.6. The summed E-state index contributed by atoms with van der Waals surface area (Å²) < 4.78 is 15.9. The number of dihydropyridines is 1. The van der Waals surface area contributed by atoms with E-state index in [-0.39, 0.29) is 29.6 Å². The molecule has 0 amide bonds. The highest BCUT2D eigenvalue weighted by molar-refractivity contribution is 5.99. The lowest BCUT2D eigenvalue weighted by Gasteiger charge is -2.28. The predicted molar refractivity (Wildman–Crippen MR) is 120 cm³/mol.